The zero-order chi connectivity index (χ0) is 24.7. The summed E-state index contributed by atoms with van der Waals surface area (Å²) in [6.45, 7) is 5.77. The first-order valence-electron chi connectivity index (χ1n) is 12.4. The van der Waals surface area contributed by atoms with Crippen molar-refractivity contribution in [2.75, 3.05) is 24.7 Å². The zero-order valence-electron chi connectivity index (χ0n) is 20.2. The van der Waals surface area contributed by atoms with Gasteiger partial charge >= 0.3 is 0 Å². The largest absolute Gasteiger partial charge is 0.377 e. The first-order valence-corrected chi connectivity index (χ1v) is 12.4. The van der Waals surface area contributed by atoms with Gasteiger partial charge in [-0.1, -0.05) is 6.92 Å². The number of hydrogen-bond donors (Lipinski definition) is 1. The first-order chi connectivity index (χ1) is 16.7. The van der Waals surface area contributed by atoms with E-state index < -0.39 is 11.6 Å². The van der Waals surface area contributed by atoms with Crippen molar-refractivity contribution in [3.8, 4) is 0 Å². The van der Waals surface area contributed by atoms with E-state index in [2.05, 4.69) is 28.2 Å². The molecule has 4 atom stereocenters. The number of ether oxygens (including phenoxy) is 1. The Hall–Kier alpha value is -2.81. The monoisotopic (exact) mass is 486 g/mol. The maximum Gasteiger partial charge on any atom is 0.286 e. The lowest BCUT2D eigenvalue weighted by Crippen LogP contribution is -2.51. The highest BCUT2D eigenvalue weighted by atomic mass is 19.3. The second-order valence-electron chi connectivity index (χ2n) is 10.2. The van der Waals surface area contributed by atoms with E-state index in [0.717, 1.165) is 50.2 Å². The Morgan fingerprint density at radius 3 is 2.83 bits per heavy atom. The SMILES string of the molecule is CC1CCC(NC(=O)c2ccnc(C(C)(F)F)c2)C[C@H]1c1cc2n(c(=O)c1)CCC1COCCN21. The summed E-state index contributed by atoms with van der Waals surface area (Å²) in [4.78, 5) is 31.9. The second kappa shape index (κ2) is 9.33. The smallest absolute Gasteiger partial charge is 0.286 e. The van der Waals surface area contributed by atoms with Gasteiger partial charge in [-0.15, -0.1) is 0 Å². The third-order valence-electron chi connectivity index (χ3n) is 7.77. The number of anilines is 1. The van der Waals surface area contributed by atoms with Gasteiger partial charge in [-0.2, -0.15) is 8.78 Å². The normalized spacial score (nSPS) is 26.6. The van der Waals surface area contributed by atoms with Gasteiger partial charge in [-0.3, -0.25) is 19.1 Å². The fourth-order valence-electron chi connectivity index (χ4n) is 5.75. The number of morpholine rings is 1. The molecule has 1 saturated carbocycles. The maximum atomic E-state index is 13.7. The van der Waals surface area contributed by atoms with Gasteiger partial charge < -0.3 is 15.0 Å². The molecule has 3 unspecified atom stereocenters. The highest BCUT2D eigenvalue weighted by Gasteiger charge is 2.34. The average molecular weight is 487 g/mol. The quantitative estimate of drug-likeness (QED) is 0.714. The number of nitrogens with zero attached hydrogens (tertiary/aromatic N) is 3. The van der Waals surface area contributed by atoms with Gasteiger partial charge in [0.2, 0.25) is 0 Å². The topological polar surface area (TPSA) is 76.5 Å². The molecule has 0 radical (unpaired) electrons. The van der Waals surface area contributed by atoms with Gasteiger partial charge in [-0.05, 0) is 61.3 Å². The summed E-state index contributed by atoms with van der Waals surface area (Å²) in [5.74, 6) is -2.03. The number of pyridine rings is 2. The predicted molar refractivity (Wildman–Crippen MR) is 128 cm³/mol. The Labute approximate surface area is 203 Å². The molecule has 7 nitrogen and oxygen atoms in total. The number of rotatable bonds is 4. The number of carbonyl (C=O) groups excluding carboxylic acids is 1. The van der Waals surface area contributed by atoms with Crippen LogP contribution in [-0.4, -0.2) is 47.3 Å². The van der Waals surface area contributed by atoms with E-state index in [1.165, 1.54) is 12.3 Å². The van der Waals surface area contributed by atoms with E-state index in [9.17, 15) is 18.4 Å². The van der Waals surface area contributed by atoms with Gasteiger partial charge in [0.15, 0.2) is 0 Å². The molecule has 2 fully saturated rings. The lowest BCUT2D eigenvalue weighted by molar-refractivity contribution is 0.0127. The van der Waals surface area contributed by atoms with Crippen molar-refractivity contribution in [3.63, 3.8) is 0 Å². The van der Waals surface area contributed by atoms with Crippen molar-refractivity contribution in [1.82, 2.24) is 14.9 Å². The molecule has 4 heterocycles. The highest BCUT2D eigenvalue weighted by molar-refractivity contribution is 5.94. The molecule has 9 heteroatoms. The first kappa shape index (κ1) is 23.9. The van der Waals surface area contributed by atoms with Crippen LogP contribution < -0.4 is 15.8 Å². The van der Waals surface area contributed by atoms with E-state index >= 15 is 0 Å². The lowest BCUT2D eigenvalue weighted by atomic mass is 9.74. The fraction of sp³-hybridized carbons (Fsp3) is 0.577. The average Bonchev–Trinajstić information content (AvgIpc) is 2.84. The van der Waals surface area contributed by atoms with Gasteiger partial charge in [0.25, 0.3) is 17.4 Å². The molecule has 0 bridgehead atoms. The molecular formula is C26H32F2N4O3. The number of aromatic nitrogens is 2. The minimum absolute atomic E-state index is 0.0191. The van der Waals surface area contributed by atoms with Crippen molar-refractivity contribution >= 4 is 11.7 Å². The Morgan fingerprint density at radius 1 is 1.20 bits per heavy atom. The molecule has 3 aliphatic rings. The van der Waals surface area contributed by atoms with E-state index in [1.807, 2.05) is 4.57 Å². The summed E-state index contributed by atoms with van der Waals surface area (Å²) in [7, 11) is 0. The molecule has 1 amide bonds. The molecule has 2 aromatic heterocycles. The van der Waals surface area contributed by atoms with Crippen LogP contribution in [0.1, 0.15) is 67.1 Å². The van der Waals surface area contributed by atoms with Crippen molar-refractivity contribution in [1.29, 1.82) is 0 Å². The predicted octanol–water partition coefficient (Wildman–Crippen LogP) is 3.67. The molecule has 5 rings (SSSR count). The number of nitrogens with one attached hydrogen (secondary N) is 1. The molecule has 188 valence electrons. The Morgan fingerprint density at radius 2 is 2.03 bits per heavy atom. The summed E-state index contributed by atoms with van der Waals surface area (Å²) in [6.07, 6.45) is 4.56. The summed E-state index contributed by atoms with van der Waals surface area (Å²) < 4.78 is 34.8. The Kier molecular flexibility index (Phi) is 6.38. The van der Waals surface area contributed by atoms with E-state index in [4.69, 9.17) is 4.74 Å². The minimum Gasteiger partial charge on any atom is -0.377 e. The molecule has 35 heavy (non-hydrogen) atoms. The second-order valence-corrected chi connectivity index (χ2v) is 10.2. The summed E-state index contributed by atoms with van der Waals surface area (Å²) in [5.41, 5.74) is 0.788. The van der Waals surface area contributed by atoms with Crippen LogP contribution in [0.3, 0.4) is 0 Å². The van der Waals surface area contributed by atoms with Crippen LogP contribution >= 0.6 is 0 Å². The van der Waals surface area contributed by atoms with Crippen molar-refractivity contribution in [2.24, 2.45) is 5.92 Å². The summed E-state index contributed by atoms with van der Waals surface area (Å²) >= 11 is 0. The molecule has 0 spiro atoms. The fourth-order valence-corrected chi connectivity index (χ4v) is 5.75. The van der Waals surface area contributed by atoms with Crippen LogP contribution in [0.5, 0.6) is 0 Å². The summed E-state index contributed by atoms with van der Waals surface area (Å²) in [6, 6.07) is 6.72. The van der Waals surface area contributed by atoms with Gasteiger partial charge in [0.1, 0.15) is 11.5 Å². The molecule has 2 aliphatic heterocycles. The van der Waals surface area contributed by atoms with E-state index in [1.54, 1.807) is 6.07 Å². The molecule has 1 N–H and O–H groups in total. The number of fused-ring (bicyclic) bond motifs is 3. The van der Waals surface area contributed by atoms with Gasteiger partial charge in [-0.25, -0.2) is 0 Å². The van der Waals surface area contributed by atoms with Gasteiger partial charge in [0, 0.05) is 43.9 Å². The van der Waals surface area contributed by atoms with E-state index in [0.29, 0.717) is 38.1 Å². The van der Waals surface area contributed by atoms with Crippen LogP contribution in [0, 0.1) is 5.92 Å². The molecule has 1 saturated heterocycles. The third-order valence-corrected chi connectivity index (χ3v) is 7.77. The minimum atomic E-state index is -3.11. The number of amides is 1. The molecule has 1 aliphatic carbocycles. The van der Waals surface area contributed by atoms with Crippen LogP contribution in [0.4, 0.5) is 14.6 Å². The van der Waals surface area contributed by atoms with Crippen molar-refractivity contribution < 1.29 is 18.3 Å². The number of alkyl halides is 2. The molecule has 2 aromatic rings. The number of carbonyl (C=O) groups is 1. The summed E-state index contributed by atoms with van der Waals surface area (Å²) in [5, 5.41) is 3.03. The standard InChI is InChI=1S/C26H32F2N4O3/c1-16-3-4-19(30-25(34)17-5-7-29-22(11-17)26(2,27)28)14-21(16)18-12-23-31-9-10-35-15-20(31)6-8-32(23)24(33)13-18/h5,7,11-13,16,19-21H,3-4,6,8-10,14-15H2,1-2H3,(H,30,34)/t16?,19?,20?,21-/m1/s1. The van der Waals surface area contributed by atoms with E-state index in [-0.39, 0.29) is 29.0 Å². The zero-order valence-corrected chi connectivity index (χ0v) is 20.2. The lowest BCUT2D eigenvalue weighted by Gasteiger charge is -2.43. The van der Waals surface area contributed by atoms with Crippen LogP contribution in [0.15, 0.2) is 35.3 Å². The Bertz CT molecular complexity index is 1160. The Balaban J connectivity index is 1.35. The van der Waals surface area contributed by atoms with Crippen molar-refractivity contribution in [2.45, 2.75) is 70.0 Å². The van der Waals surface area contributed by atoms with Gasteiger partial charge in [0.05, 0.1) is 19.3 Å². The number of hydrogen-bond acceptors (Lipinski definition) is 5. The van der Waals surface area contributed by atoms with Crippen LogP contribution in [-0.2, 0) is 17.2 Å². The van der Waals surface area contributed by atoms with Crippen LogP contribution in [0.2, 0.25) is 0 Å². The van der Waals surface area contributed by atoms with Crippen molar-refractivity contribution in [3.05, 3.63) is 57.6 Å². The molecular weight excluding hydrogens is 454 g/mol. The number of halogens is 2. The van der Waals surface area contributed by atoms with Crippen LogP contribution in [0.25, 0.3) is 0 Å². The molecule has 0 aromatic carbocycles. The third kappa shape index (κ3) is 4.83. The maximum absolute atomic E-state index is 13.7. The highest BCUT2D eigenvalue weighted by Crippen LogP contribution is 2.39.